The standard InChI is InChI=1S/C45H29N3S/c1-45(2)35-17-9-7-15-31(35)32-21-19-29(24-36(32)45)41-43-42(33-16-8-10-18-39(33)49-43)47-44(46-41)48-37-22-20-26-11-5-6-14-30(26)40(37)34-23-27-12-3-4-13-28(27)25-38(34)48/h3-25H,1-2H3. The van der Waals surface area contributed by atoms with E-state index in [9.17, 15) is 0 Å². The maximum atomic E-state index is 5.55. The number of nitrogens with zero attached hydrogens (tertiary/aromatic N) is 3. The summed E-state index contributed by atoms with van der Waals surface area (Å²) in [5.74, 6) is 0.694. The smallest absolute Gasteiger partial charge is 0.235 e. The van der Waals surface area contributed by atoms with Gasteiger partial charge in [0.1, 0.15) is 0 Å². The molecule has 1 aliphatic carbocycles. The molecule has 0 unspecified atom stereocenters. The van der Waals surface area contributed by atoms with Crippen molar-refractivity contribution in [1.29, 1.82) is 0 Å². The molecule has 0 amide bonds. The monoisotopic (exact) mass is 643 g/mol. The summed E-state index contributed by atoms with van der Waals surface area (Å²) >= 11 is 1.79. The van der Waals surface area contributed by atoms with Crippen molar-refractivity contribution in [1.82, 2.24) is 14.5 Å². The Balaban J connectivity index is 1.26. The molecule has 0 saturated carbocycles. The molecular weight excluding hydrogens is 615 g/mol. The molecule has 3 heterocycles. The molecule has 7 aromatic carbocycles. The van der Waals surface area contributed by atoms with Crippen LogP contribution < -0.4 is 0 Å². The summed E-state index contributed by atoms with van der Waals surface area (Å²) < 4.78 is 4.64. The molecule has 0 atom stereocenters. The van der Waals surface area contributed by atoms with E-state index in [-0.39, 0.29) is 5.41 Å². The molecule has 0 saturated heterocycles. The highest BCUT2D eigenvalue weighted by Crippen LogP contribution is 2.50. The highest BCUT2D eigenvalue weighted by Gasteiger charge is 2.35. The van der Waals surface area contributed by atoms with Crippen LogP contribution >= 0.6 is 11.3 Å². The van der Waals surface area contributed by atoms with Gasteiger partial charge in [-0.2, -0.15) is 0 Å². The third-order valence-corrected chi connectivity index (χ3v) is 12.0. The van der Waals surface area contributed by atoms with Crippen LogP contribution in [0.25, 0.3) is 92.0 Å². The Labute approximate surface area is 286 Å². The van der Waals surface area contributed by atoms with Gasteiger partial charge in [0.15, 0.2) is 0 Å². The quantitative estimate of drug-likeness (QED) is 0.188. The molecule has 0 spiro atoms. The summed E-state index contributed by atoms with van der Waals surface area (Å²) in [5, 5.41) is 8.50. The first-order valence-electron chi connectivity index (χ1n) is 16.8. The minimum Gasteiger partial charge on any atom is -0.278 e. The van der Waals surface area contributed by atoms with Crippen molar-refractivity contribution in [2.75, 3.05) is 0 Å². The van der Waals surface area contributed by atoms with E-state index in [2.05, 4.69) is 158 Å². The Morgan fingerprint density at radius 3 is 2.14 bits per heavy atom. The molecule has 49 heavy (non-hydrogen) atoms. The second kappa shape index (κ2) is 9.62. The predicted octanol–water partition coefficient (Wildman–Crippen LogP) is 12.2. The van der Waals surface area contributed by atoms with Crippen LogP contribution in [-0.4, -0.2) is 14.5 Å². The van der Waals surface area contributed by atoms with Gasteiger partial charge in [0.25, 0.3) is 0 Å². The van der Waals surface area contributed by atoms with Crippen molar-refractivity contribution >= 4 is 75.0 Å². The molecule has 10 aromatic rings. The van der Waals surface area contributed by atoms with Gasteiger partial charge < -0.3 is 0 Å². The zero-order valence-electron chi connectivity index (χ0n) is 27.0. The molecule has 3 aromatic heterocycles. The zero-order valence-corrected chi connectivity index (χ0v) is 27.8. The fraction of sp³-hybridized carbons (Fsp3) is 0.0667. The highest BCUT2D eigenvalue weighted by atomic mass is 32.1. The number of fused-ring (bicyclic) bond motifs is 12. The summed E-state index contributed by atoms with van der Waals surface area (Å²) in [6.45, 7) is 4.68. The highest BCUT2D eigenvalue weighted by molar-refractivity contribution is 7.26. The van der Waals surface area contributed by atoms with E-state index >= 15 is 0 Å². The molecule has 0 fully saturated rings. The van der Waals surface area contributed by atoms with Crippen LogP contribution in [0.1, 0.15) is 25.0 Å². The number of rotatable bonds is 2. The van der Waals surface area contributed by atoms with Crippen LogP contribution in [0.2, 0.25) is 0 Å². The Morgan fingerprint density at radius 1 is 0.551 bits per heavy atom. The van der Waals surface area contributed by atoms with Gasteiger partial charge in [-0.05, 0) is 74.1 Å². The van der Waals surface area contributed by atoms with Crippen molar-refractivity contribution in [2.45, 2.75) is 19.3 Å². The minimum absolute atomic E-state index is 0.105. The van der Waals surface area contributed by atoms with E-state index in [0.29, 0.717) is 5.95 Å². The van der Waals surface area contributed by atoms with E-state index in [1.807, 2.05) is 0 Å². The largest absolute Gasteiger partial charge is 0.278 e. The number of hydrogen-bond acceptors (Lipinski definition) is 3. The molecule has 11 rings (SSSR count). The molecule has 0 aliphatic heterocycles. The van der Waals surface area contributed by atoms with Gasteiger partial charge in [-0.3, -0.25) is 4.57 Å². The topological polar surface area (TPSA) is 30.7 Å². The maximum Gasteiger partial charge on any atom is 0.235 e. The van der Waals surface area contributed by atoms with Gasteiger partial charge >= 0.3 is 0 Å². The van der Waals surface area contributed by atoms with Gasteiger partial charge in [-0.15, -0.1) is 11.3 Å². The van der Waals surface area contributed by atoms with Crippen LogP contribution in [0.5, 0.6) is 0 Å². The summed E-state index contributed by atoms with van der Waals surface area (Å²) in [6.07, 6.45) is 0. The van der Waals surface area contributed by atoms with Crippen LogP contribution in [0.3, 0.4) is 0 Å². The molecule has 4 heteroatoms. The van der Waals surface area contributed by atoms with Crippen LogP contribution in [0, 0.1) is 0 Å². The predicted molar refractivity (Wildman–Crippen MR) is 207 cm³/mol. The summed E-state index contributed by atoms with van der Waals surface area (Å²) in [5.41, 5.74) is 10.6. The van der Waals surface area contributed by atoms with Gasteiger partial charge in [-0.25, -0.2) is 9.97 Å². The number of benzene rings is 7. The first-order chi connectivity index (χ1) is 24.0. The lowest BCUT2D eigenvalue weighted by atomic mass is 9.82. The first kappa shape index (κ1) is 27.1. The van der Waals surface area contributed by atoms with E-state index in [4.69, 9.17) is 9.97 Å². The number of hydrogen-bond donors (Lipinski definition) is 0. The fourth-order valence-electron chi connectivity index (χ4n) is 8.41. The van der Waals surface area contributed by atoms with Crippen molar-refractivity contribution in [3.63, 3.8) is 0 Å². The lowest BCUT2D eigenvalue weighted by Gasteiger charge is -2.22. The fourth-order valence-corrected chi connectivity index (χ4v) is 9.57. The van der Waals surface area contributed by atoms with Crippen molar-refractivity contribution in [3.05, 3.63) is 151 Å². The average molecular weight is 644 g/mol. The zero-order chi connectivity index (χ0) is 32.4. The van der Waals surface area contributed by atoms with Gasteiger partial charge in [0, 0.05) is 31.8 Å². The van der Waals surface area contributed by atoms with Crippen LogP contribution in [-0.2, 0) is 5.41 Å². The Morgan fingerprint density at radius 2 is 1.27 bits per heavy atom. The van der Waals surface area contributed by atoms with Gasteiger partial charge in [0.05, 0.1) is 26.9 Å². The third-order valence-electron chi connectivity index (χ3n) is 10.8. The Bertz CT molecular complexity index is 3030. The molecule has 0 radical (unpaired) electrons. The Hall–Kier alpha value is -5.84. The summed E-state index contributed by atoms with van der Waals surface area (Å²) in [7, 11) is 0. The first-order valence-corrected chi connectivity index (χ1v) is 17.7. The third kappa shape index (κ3) is 3.67. The van der Waals surface area contributed by atoms with E-state index in [0.717, 1.165) is 37.9 Å². The molecule has 0 bridgehead atoms. The lowest BCUT2D eigenvalue weighted by Crippen LogP contribution is -2.15. The van der Waals surface area contributed by atoms with E-state index in [1.54, 1.807) is 11.3 Å². The molecular formula is C45H29N3S. The van der Waals surface area contributed by atoms with E-state index < -0.39 is 0 Å². The SMILES string of the molecule is CC1(C)c2ccccc2-c2ccc(-c3nc(-n4c5cc6ccccc6cc5c5c6ccccc6ccc54)nc4c3sc3ccccc34)cc21. The van der Waals surface area contributed by atoms with Gasteiger partial charge in [0.2, 0.25) is 5.95 Å². The molecule has 230 valence electrons. The number of thiophene rings is 1. The van der Waals surface area contributed by atoms with Crippen molar-refractivity contribution in [3.8, 4) is 28.3 Å². The van der Waals surface area contributed by atoms with Crippen LogP contribution in [0.4, 0.5) is 0 Å². The lowest BCUT2D eigenvalue weighted by molar-refractivity contribution is 0.660. The molecule has 0 N–H and O–H groups in total. The Kier molecular flexibility index (Phi) is 5.33. The second-order valence-electron chi connectivity index (χ2n) is 13.8. The number of aromatic nitrogens is 3. The van der Waals surface area contributed by atoms with Gasteiger partial charge in [-0.1, -0.05) is 123 Å². The normalized spacial score (nSPS) is 13.7. The minimum atomic E-state index is -0.105. The van der Waals surface area contributed by atoms with Crippen molar-refractivity contribution in [2.24, 2.45) is 0 Å². The summed E-state index contributed by atoms with van der Waals surface area (Å²) in [6, 6.07) is 50.9. The maximum absolute atomic E-state index is 5.55. The molecule has 1 aliphatic rings. The average Bonchev–Trinajstić information content (AvgIpc) is 3.75. The molecule has 3 nitrogen and oxygen atoms in total. The summed E-state index contributed by atoms with van der Waals surface area (Å²) in [4.78, 5) is 11.0. The van der Waals surface area contributed by atoms with Crippen LogP contribution in [0.15, 0.2) is 140 Å². The second-order valence-corrected chi connectivity index (χ2v) is 14.9. The van der Waals surface area contributed by atoms with E-state index in [1.165, 1.54) is 59.3 Å². The van der Waals surface area contributed by atoms with Crippen molar-refractivity contribution < 1.29 is 0 Å².